The maximum absolute atomic E-state index is 12.8. The van der Waals surface area contributed by atoms with Crippen LogP contribution in [0.25, 0.3) is 0 Å². The monoisotopic (exact) mass is 242 g/mol. The Labute approximate surface area is 98.6 Å². The zero-order valence-electron chi connectivity index (χ0n) is 9.13. The van der Waals surface area contributed by atoms with Gasteiger partial charge in [-0.3, -0.25) is 4.79 Å². The molecule has 0 aromatic heterocycles. The number of hydrogen-bond donors (Lipinski definition) is 2. The lowest BCUT2D eigenvalue weighted by Gasteiger charge is -2.06. The van der Waals surface area contributed by atoms with Crippen LogP contribution in [0.1, 0.15) is 13.3 Å². The van der Waals surface area contributed by atoms with Crippen molar-refractivity contribution in [2.75, 3.05) is 22.6 Å². The maximum atomic E-state index is 12.8. The summed E-state index contributed by atoms with van der Waals surface area (Å²) in [5, 5.41) is 2.66. The second kappa shape index (κ2) is 6.37. The normalized spacial score (nSPS) is 10.1. The van der Waals surface area contributed by atoms with Crippen LogP contribution in [-0.2, 0) is 4.79 Å². The largest absolute Gasteiger partial charge is 0.396 e. The van der Waals surface area contributed by atoms with Crippen LogP contribution in [0.3, 0.4) is 0 Å². The zero-order valence-corrected chi connectivity index (χ0v) is 9.94. The fourth-order valence-corrected chi connectivity index (χ4v) is 1.82. The molecule has 0 atom stereocenters. The van der Waals surface area contributed by atoms with Crippen molar-refractivity contribution < 1.29 is 9.18 Å². The van der Waals surface area contributed by atoms with E-state index in [2.05, 4.69) is 12.2 Å². The van der Waals surface area contributed by atoms with Crippen molar-refractivity contribution >= 4 is 29.0 Å². The summed E-state index contributed by atoms with van der Waals surface area (Å²) in [6, 6.07) is 4.15. The summed E-state index contributed by atoms with van der Waals surface area (Å²) >= 11 is 1.57. The molecule has 88 valence electrons. The molecule has 0 unspecified atom stereocenters. The Hall–Kier alpha value is -1.23. The minimum atomic E-state index is -0.474. The van der Waals surface area contributed by atoms with E-state index in [1.165, 1.54) is 18.2 Å². The molecule has 1 rings (SSSR count). The van der Waals surface area contributed by atoms with Crippen LogP contribution in [-0.4, -0.2) is 17.4 Å². The summed E-state index contributed by atoms with van der Waals surface area (Å²) in [4.78, 5) is 11.4. The lowest BCUT2D eigenvalue weighted by molar-refractivity contribution is -0.113. The number of carbonyl (C=O) groups excluding carboxylic acids is 1. The van der Waals surface area contributed by atoms with E-state index in [-0.39, 0.29) is 11.6 Å². The first-order valence-electron chi connectivity index (χ1n) is 5.06. The number of nitrogens with two attached hydrogens (primary N) is 1. The van der Waals surface area contributed by atoms with Gasteiger partial charge < -0.3 is 11.1 Å². The topological polar surface area (TPSA) is 55.1 Å². The van der Waals surface area contributed by atoms with Gasteiger partial charge in [0.25, 0.3) is 0 Å². The maximum Gasteiger partial charge on any atom is 0.234 e. The summed E-state index contributed by atoms with van der Waals surface area (Å²) in [6.45, 7) is 2.06. The highest BCUT2D eigenvalue weighted by Crippen LogP contribution is 2.16. The van der Waals surface area contributed by atoms with E-state index in [0.29, 0.717) is 11.4 Å². The van der Waals surface area contributed by atoms with Gasteiger partial charge in [-0.05, 0) is 30.4 Å². The van der Waals surface area contributed by atoms with Crippen LogP contribution in [0.2, 0.25) is 0 Å². The molecule has 0 aliphatic rings. The predicted molar refractivity (Wildman–Crippen MR) is 67.1 cm³/mol. The molecule has 0 radical (unpaired) electrons. The minimum Gasteiger partial charge on any atom is -0.396 e. The number of nitrogens with one attached hydrogen (secondary N) is 1. The van der Waals surface area contributed by atoms with Gasteiger partial charge in [0, 0.05) is 5.69 Å². The Bertz CT molecular complexity index is 371. The third kappa shape index (κ3) is 4.10. The van der Waals surface area contributed by atoms with Gasteiger partial charge in [-0.2, -0.15) is 11.8 Å². The fraction of sp³-hybridized carbons (Fsp3) is 0.364. The highest BCUT2D eigenvalue weighted by Gasteiger charge is 2.04. The summed E-state index contributed by atoms with van der Waals surface area (Å²) in [5.41, 5.74) is 5.96. The van der Waals surface area contributed by atoms with Gasteiger partial charge in [0.15, 0.2) is 0 Å². The highest BCUT2D eigenvalue weighted by molar-refractivity contribution is 7.99. The second-order valence-corrected chi connectivity index (χ2v) is 4.44. The zero-order chi connectivity index (χ0) is 12.0. The summed E-state index contributed by atoms with van der Waals surface area (Å²) in [5.74, 6) is 0.798. The van der Waals surface area contributed by atoms with Crippen LogP contribution in [0.5, 0.6) is 0 Å². The molecule has 3 N–H and O–H groups in total. The van der Waals surface area contributed by atoms with Gasteiger partial charge in [-0.15, -0.1) is 0 Å². The van der Waals surface area contributed by atoms with Crippen LogP contribution >= 0.6 is 11.8 Å². The quantitative estimate of drug-likeness (QED) is 0.616. The average Bonchev–Trinajstić information content (AvgIpc) is 2.24. The average molecular weight is 242 g/mol. The lowest BCUT2D eigenvalue weighted by Crippen LogP contribution is -2.14. The molecule has 0 saturated carbocycles. The molecule has 3 nitrogen and oxygen atoms in total. The lowest BCUT2D eigenvalue weighted by atomic mass is 10.2. The molecular weight excluding hydrogens is 227 g/mol. The first kappa shape index (κ1) is 12.8. The number of anilines is 2. The van der Waals surface area contributed by atoms with Crippen LogP contribution < -0.4 is 11.1 Å². The Kier molecular flexibility index (Phi) is 5.11. The standard InChI is InChI=1S/C11H15FN2OS/c1-2-5-16-7-11(15)14-8-3-4-9(12)10(13)6-8/h3-4,6H,2,5,7,13H2,1H3,(H,14,15). The van der Waals surface area contributed by atoms with Gasteiger partial charge in [-0.1, -0.05) is 6.92 Å². The van der Waals surface area contributed by atoms with Crippen molar-refractivity contribution in [3.05, 3.63) is 24.0 Å². The van der Waals surface area contributed by atoms with E-state index in [0.717, 1.165) is 12.2 Å². The number of benzene rings is 1. The molecule has 0 heterocycles. The van der Waals surface area contributed by atoms with E-state index in [4.69, 9.17) is 5.73 Å². The molecule has 0 aliphatic heterocycles. The van der Waals surface area contributed by atoms with Gasteiger partial charge in [-0.25, -0.2) is 4.39 Å². The minimum absolute atomic E-state index is 0.0408. The Balaban J connectivity index is 2.46. The second-order valence-electron chi connectivity index (χ2n) is 3.34. The van der Waals surface area contributed by atoms with Crippen molar-refractivity contribution in [2.24, 2.45) is 0 Å². The van der Waals surface area contributed by atoms with Crippen molar-refractivity contribution in [1.29, 1.82) is 0 Å². The Morgan fingerprint density at radius 2 is 2.31 bits per heavy atom. The van der Waals surface area contributed by atoms with Gasteiger partial charge >= 0.3 is 0 Å². The van der Waals surface area contributed by atoms with Gasteiger partial charge in [0.2, 0.25) is 5.91 Å². The van der Waals surface area contributed by atoms with E-state index in [1.54, 1.807) is 11.8 Å². The molecule has 5 heteroatoms. The molecule has 0 saturated heterocycles. The molecule has 1 amide bonds. The first-order valence-corrected chi connectivity index (χ1v) is 6.21. The molecule has 1 aromatic carbocycles. The number of halogens is 1. The molecule has 0 aliphatic carbocycles. The number of hydrogen-bond acceptors (Lipinski definition) is 3. The van der Waals surface area contributed by atoms with Crippen molar-refractivity contribution in [3.8, 4) is 0 Å². The van der Waals surface area contributed by atoms with Crippen molar-refractivity contribution in [2.45, 2.75) is 13.3 Å². The van der Waals surface area contributed by atoms with Gasteiger partial charge in [0.1, 0.15) is 5.82 Å². The third-order valence-electron chi connectivity index (χ3n) is 1.86. The molecular formula is C11H15FN2OS. The fourth-order valence-electron chi connectivity index (χ4n) is 1.13. The molecule has 0 spiro atoms. The third-order valence-corrected chi connectivity index (χ3v) is 3.02. The number of carbonyl (C=O) groups is 1. The Morgan fingerprint density at radius 1 is 1.56 bits per heavy atom. The predicted octanol–water partition coefficient (Wildman–Crippen LogP) is 2.49. The van der Waals surface area contributed by atoms with E-state index in [9.17, 15) is 9.18 Å². The molecule has 1 aromatic rings. The molecule has 0 fully saturated rings. The van der Waals surface area contributed by atoms with Crippen molar-refractivity contribution in [3.63, 3.8) is 0 Å². The summed E-state index contributed by atoms with van der Waals surface area (Å²) in [6.07, 6.45) is 1.04. The van der Waals surface area contributed by atoms with Crippen LogP contribution in [0.4, 0.5) is 15.8 Å². The van der Waals surface area contributed by atoms with Crippen molar-refractivity contribution in [1.82, 2.24) is 0 Å². The first-order chi connectivity index (χ1) is 7.63. The summed E-state index contributed by atoms with van der Waals surface area (Å²) < 4.78 is 12.8. The Morgan fingerprint density at radius 3 is 2.94 bits per heavy atom. The van der Waals surface area contributed by atoms with E-state index < -0.39 is 5.82 Å². The number of amides is 1. The van der Waals surface area contributed by atoms with E-state index in [1.807, 2.05) is 0 Å². The number of rotatable bonds is 5. The molecule has 16 heavy (non-hydrogen) atoms. The summed E-state index contributed by atoms with van der Waals surface area (Å²) in [7, 11) is 0. The van der Waals surface area contributed by atoms with Crippen LogP contribution in [0.15, 0.2) is 18.2 Å². The number of thioether (sulfide) groups is 1. The smallest absolute Gasteiger partial charge is 0.234 e. The van der Waals surface area contributed by atoms with Gasteiger partial charge in [0.05, 0.1) is 11.4 Å². The van der Waals surface area contributed by atoms with E-state index >= 15 is 0 Å². The molecule has 0 bridgehead atoms. The van der Waals surface area contributed by atoms with Crippen LogP contribution in [0, 0.1) is 5.82 Å². The number of nitrogen functional groups attached to an aromatic ring is 1. The SMILES string of the molecule is CCCSCC(=O)Nc1ccc(F)c(N)c1. The highest BCUT2D eigenvalue weighted by atomic mass is 32.2.